The molecule has 1 unspecified atom stereocenters. The molecule has 6 heteroatoms. The van der Waals surface area contributed by atoms with Crippen molar-refractivity contribution in [1.82, 2.24) is 15.1 Å². The first kappa shape index (κ1) is 18.5. The molecular weight excluding hydrogens is 322 g/mol. The second-order valence-corrected chi connectivity index (χ2v) is 7.76. The molecule has 130 valence electrons. The number of amides is 1. The van der Waals surface area contributed by atoms with Crippen LogP contribution in [0, 0.1) is 5.92 Å². The topological polar surface area (TPSA) is 59.2 Å². The van der Waals surface area contributed by atoms with Gasteiger partial charge in [0.2, 0.25) is 11.8 Å². The van der Waals surface area contributed by atoms with E-state index in [1.54, 1.807) is 19.0 Å². The summed E-state index contributed by atoms with van der Waals surface area (Å²) < 4.78 is 5.75. The van der Waals surface area contributed by atoms with Crippen LogP contribution in [0.25, 0.3) is 11.5 Å². The fraction of sp³-hybridized carbons (Fsp3) is 0.500. The summed E-state index contributed by atoms with van der Waals surface area (Å²) in [7, 11) is 3.52. The molecule has 0 radical (unpaired) electrons. The van der Waals surface area contributed by atoms with E-state index in [1.807, 2.05) is 26.0 Å². The van der Waals surface area contributed by atoms with E-state index in [0.717, 1.165) is 5.56 Å². The molecule has 0 saturated carbocycles. The van der Waals surface area contributed by atoms with Crippen molar-refractivity contribution in [3.8, 4) is 11.5 Å². The Balaban J connectivity index is 2.16. The molecule has 24 heavy (non-hydrogen) atoms. The van der Waals surface area contributed by atoms with E-state index in [4.69, 9.17) is 4.42 Å². The van der Waals surface area contributed by atoms with Crippen LogP contribution in [0.1, 0.15) is 39.2 Å². The minimum Gasteiger partial charge on any atom is -0.411 e. The largest absolute Gasteiger partial charge is 0.411 e. The number of aromatic nitrogens is 2. The van der Waals surface area contributed by atoms with E-state index in [0.29, 0.717) is 17.0 Å². The normalized spacial score (nSPS) is 12.7. The highest BCUT2D eigenvalue weighted by Crippen LogP contribution is 2.30. The third kappa shape index (κ3) is 4.38. The summed E-state index contributed by atoms with van der Waals surface area (Å²) in [6.07, 6.45) is 0. The van der Waals surface area contributed by atoms with Crippen molar-refractivity contribution in [2.24, 2.45) is 5.92 Å². The summed E-state index contributed by atoms with van der Waals surface area (Å²) in [6, 6.07) is 8.12. The predicted molar refractivity (Wildman–Crippen MR) is 97.0 cm³/mol. The van der Waals surface area contributed by atoms with E-state index in [2.05, 4.69) is 36.2 Å². The number of carbonyl (C=O) groups excluding carboxylic acids is 1. The zero-order chi connectivity index (χ0) is 17.9. The van der Waals surface area contributed by atoms with Gasteiger partial charge in [0.05, 0.1) is 5.25 Å². The van der Waals surface area contributed by atoms with Crippen molar-refractivity contribution < 1.29 is 9.21 Å². The minimum absolute atomic E-state index is 0.0519. The molecule has 1 aromatic carbocycles. The van der Waals surface area contributed by atoms with Gasteiger partial charge in [-0.05, 0) is 29.5 Å². The molecule has 1 aromatic heterocycles. The monoisotopic (exact) mass is 347 g/mol. The predicted octanol–water partition coefficient (Wildman–Crippen LogP) is 4.06. The molecule has 1 atom stereocenters. The molecular formula is C18H25N3O2S. The van der Waals surface area contributed by atoms with Crippen LogP contribution in [0.5, 0.6) is 0 Å². The third-order valence-electron chi connectivity index (χ3n) is 3.75. The van der Waals surface area contributed by atoms with Crippen LogP contribution in [-0.2, 0) is 4.79 Å². The van der Waals surface area contributed by atoms with Crippen molar-refractivity contribution in [2.45, 2.75) is 44.1 Å². The van der Waals surface area contributed by atoms with Crippen LogP contribution < -0.4 is 0 Å². The Bertz CT molecular complexity index is 678. The minimum atomic E-state index is -0.239. The van der Waals surface area contributed by atoms with Gasteiger partial charge >= 0.3 is 0 Å². The molecule has 0 N–H and O–H groups in total. The van der Waals surface area contributed by atoms with Gasteiger partial charge < -0.3 is 9.32 Å². The highest BCUT2D eigenvalue weighted by molar-refractivity contribution is 8.00. The van der Waals surface area contributed by atoms with Crippen LogP contribution in [0.2, 0.25) is 0 Å². The Morgan fingerprint density at radius 2 is 1.71 bits per heavy atom. The number of thioether (sulfide) groups is 1. The van der Waals surface area contributed by atoms with E-state index in [1.165, 1.54) is 17.3 Å². The molecule has 0 aliphatic heterocycles. The smallest absolute Gasteiger partial charge is 0.277 e. The van der Waals surface area contributed by atoms with Crippen molar-refractivity contribution in [3.05, 3.63) is 29.8 Å². The van der Waals surface area contributed by atoms with Gasteiger partial charge in [0.15, 0.2) is 0 Å². The van der Waals surface area contributed by atoms with Crippen molar-refractivity contribution >= 4 is 17.7 Å². The van der Waals surface area contributed by atoms with Gasteiger partial charge in [-0.1, -0.05) is 51.6 Å². The van der Waals surface area contributed by atoms with Gasteiger partial charge in [-0.3, -0.25) is 4.79 Å². The van der Waals surface area contributed by atoms with Gasteiger partial charge in [0.1, 0.15) is 0 Å². The van der Waals surface area contributed by atoms with Gasteiger partial charge in [-0.15, -0.1) is 10.2 Å². The zero-order valence-electron chi connectivity index (χ0n) is 15.1. The molecule has 5 nitrogen and oxygen atoms in total. The maximum absolute atomic E-state index is 12.3. The number of benzene rings is 1. The summed E-state index contributed by atoms with van der Waals surface area (Å²) in [5.74, 6) is 1.19. The molecule has 0 bridgehead atoms. The number of hydrogen-bond acceptors (Lipinski definition) is 5. The molecule has 0 aliphatic carbocycles. The molecule has 2 aromatic rings. The average Bonchev–Trinajstić information content (AvgIpc) is 3.00. The maximum Gasteiger partial charge on any atom is 0.277 e. The van der Waals surface area contributed by atoms with Gasteiger partial charge in [0.25, 0.3) is 5.22 Å². The Hall–Kier alpha value is -1.82. The summed E-state index contributed by atoms with van der Waals surface area (Å²) in [4.78, 5) is 13.9. The van der Waals surface area contributed by atoms with Crippen LogP contribution in [0.4, 0.5) is 0 Å². The molecule has 0 fully saturated rings. The lowest BCUT2D eigenvalue weighted by Gasteiger charge is -2.21. The first-order chi connectivity index (χ1) is 11.3. The van der Waals surface area contributed by atoms with Crippen molar-refractivity contribution in [3.63, 3.8) is 0 Å². The summed E-state index contributed by atoms with van der Waals surface area (Å²) in [5.41, 5.74) is 2.16. The Kier molecular flexibility index (Phi) is 6.04. The van der Waals surface area contributed by atoms with E-state index < -0.39 is 0 Å². The Morgan fingerprint density at radius 3 is 2.21 bits per heavy atom. The number of hydrogen-bond donors (Lipinski definition) is 0. The van der Waals surface area contributed by atoms with E-state index in [9.17, 15) is 4.79 Å². The maximum atomic E-state index is 12.3. The second kappa shape index (κ2) is 7.83. The molecule has 0 aliphatic rings. The molecule has 1 amide bonds. The first-order valence-corrected chi connectivity index (χ1v) is 8.99. The molecule has 1 heterocycles. The highest BCUT2D eigenvalue weighted by Gasteiger charge is 2.27. The lowest BCUT2D eigenvalue weighted by atomic mass is 10.0. The van der Waals surface area contributed by atoms with Crippen LogP contribution >= 0.6 is 11.8 Å². The lowest BCUT2D eigenvalue weighted by molar-refractivity contribution is -0.128. The zero-order valence-corrected chi connectivity index (χ0v) is 15.9. The van der Waals surface area contributed by atoms with Crippen LogP contribution in [-0.4, -0.2) is 40.3 Å². The second-order valence-electron chi connectivity index (χ2n) is 6.66. The van der Waals surface area contributed by atoms with Crippen molar-refractivity contribution in [2.75, 3.05) is 14.1 Å². The average molecular weight is 347 g/mol. The fourth-order valence-corrected chi connectivity index (χ4v) is 3.24. The van der Waals surface area contributed by atoms with E-state index >= 15 is 0 Å². The van der Waals surface area contributed by atoms with Crippen LogP contribution in [0.3, 0.4) is 0 Å². The summed E-state index contributed by atoms with van der Waals surface area (Å²) in [6.45, 7) is 8.34. The third-order valence-corrected chi connectivity index (χ3v) is 5.11. The standard InChI is InChI=1S/C18H25N3O2S/c1-11(2)13-7-9-14(10-8-13)16-19-20-18(23-16)24-15(12(3)4)17(22)21(5)6/h7-12,15H,1-6H3. The SMILES string of the molecule is CC(C)c1ccc(-c2nnc(SC(C(=O)N(C)C)C(C)C)o2)cc1. The quantitative estimate of drug-likeness (QED) is 0.737. The van der Waals surface area contributed by atoms with E-state index in [-0.39, 0.29) is 17.1 Å². The van der Waals surface area contributed by atoms with Gasteiger partial charge in [0, 0.05) is 19.7 Å². The van der Waals surface area contributed by atoms with Crippen molar-refractivity contribution in [1.29, 1.82) is 0 Å². The van der Waals surface area contributed by atoms with Gasteiger partial charge in [-0.25, -0.2) is 0 Å². The number of nitrogens with zero attached hydrogens (tertiary/aromatic N) is 3. The van der Waals surface area contributed by atoms with Crippen LogP contribution in [0.15, 0.2) is 33.9 Å². The number of rotatable bonds is 6. The highest BCUT2D eigenvalue weighted by atomic mass is 32.2. The molecule has 0 saturated heterocycles. The Labute approximate surface area is 147 Å². The fourth-order valence-electron chi connectivity index (χ4n) is 2.22. The molecule has 0 spiro atoms. The molecule has 2 rings (SSSR count). The number of carbonyl (C=O) groups is 1. The summed E-state index contributed by atoms with van der Waals surface area (Å²) in [5, 5.41) is 8.39. The Morgan fingerprint density at radius 1 is 1.08 bits per heavy atom. The first-order valence-electron chi connectivity index (χ1n) is 8.11. The van der Waals surface area contributed by atoms with Gasteiger partial charge in [-0.2, -0.15) is 0 Å². The lowest BCUT2D eigenvalue weighted by Crippen LogP contribution is -2.34. The summed E-state index contributed by atoms with van der Waals surface area (Å²) >= 11 is 1.33.